The maximum Gasteiger partial charge on any atom is 0.234 e. The summed E-state index contributed by atoms with van der Waals surface area (Å²) in [7, 11) is 0. The van der Waals surface area contributed by atoms with Gasteiger partial charge in [0, 0.05) is 21.5 Å². The number of anilines is 1. The van der Waals surface area contributed by atoms with Gasteiger partial charge < -0.3 is 5.32 Å². The van der Waals surface area contributed by atoms with Crippen LogP contribution in [0.5, 0.6) is 0 Å². The van der Waals surface area contributed by atoms with Crippen molar-refractivity contribution < 1.29 is 4.79 Å². The number of amides is 1. The number of hydrogen-bond donors (Lipinski definition) is 2. The summed E-state index contributed by atoms with van der Waals surface area (Å²) in [5.74, 6) is 1.00. The predicted octanol–water partition coefficient (Wildman–Crippen LogP) is 4.26. The molecule has 0 aliphatic heterocycles. The Hall–Kier alpha value is -1.64. The van der Waals surface area contributed by atoms with Gasteiger partial charge in [0.1, 0.15) is 5.82 Å². The molecular weight excluding hydrogens is 408 g/mol. The van der Waals surface area contributed by atoms with Crippen LogP contribution in [0.2, 0.25) is 0 Å². The summed E-state index contributed by atoms with van der Waals surface area (Å²) >= 11 is 6.42. The van der Waals surface area contributed by atoms with Crippen molar-refractivity contribution in [3.8, 4) is 0 Å². The van der Waals surface area contributed by atoms with Gasteiger partial charge in [-0.2, -0.15) is 0 Å². The van der Waals surface area contributed by atoms with E-state index in [1.807, 2.05) is 36.6 Å². The van der Waals surface area contributed by atoms with Crippen LogP contribution in [0, 0.1) is 6.92 Å². The van der Waals surface area contributed by atoms with E-state index >= 15 is 0 Å². The second-order valence-electron chi connectivity index (χ2n) is 5.12. The summed E-state index contributed by atoms with van der Waals surface area (Å²) in [6, 6.07) is 9.83. The number of benzene rings is 1. The van der Waals surface area contributed by atoms with Crippen LogP contribution < -0.4 is 5.32 Å². The van der Waals surface area contributed by atoms with Gasteiger partial charge in [-0.15, -0.1) is 16.4 Å². The molecule has 2 N–H and O–H groups in total. The molecule has 0 radical (unpaired) electrons. The molecule has 0 spiro atoms. The van der Waals surface area contributed by atoms with Crippen molar-refractivity contribution in [2.45, 2.75) is 18.5 Å². The Bertz CT molecular complexity index is 832. The second-order valence-corrected chi connectivity index (χ2v) is 8.01. The third-order valence-electron chi connectivity index (χ3n) is 3.23. The average molecular weight is 423 g/mol. The summed E-state index contributed by atoms with van der Waals surface area (Å²) in [5.41, 5.74) is 1.83. The minimum atomic E-state index is -0.0740. The van der Waals surface area contributed by atoms with Crippen LogP contribution in [0.25, 0.3) is 0 Å². The van der Waals surface area contributed by atoms with Crippen LogP contribution in [0.15, 0.2) is 45.3 Å². The molecule has 3 rings (SSSR count). The molecule has 2 aromatic heterocycles. The number of aryl methyl sites for hydroxylation is 1. The number of carbonyl (C=O) groups is 1. The number of nitrogens with one attached hydrogen (secondary N) is 2. The number of H-pyrrole nitrogens is 1. The van der Waals surface area contributed by atoms with Crippen LogP contribution in [-0.4, -0.2) is 26.8 Å². The lowest BCUT2D eigenvalue weighted by Crippen LogP contribution is -2.14. The summed E-state index contributed by atoms with van der Waals surface area (Å²) < 4.78 is 0.992. The fraction of sp³-hybridized carbons (Fsp3) is 0.188. The molecule has 0 unspecified atom stereocenters. The van der Waals surface area contributed by atoms with E-state index in [1.165, 1.54) is 16.6 Å². The molecule has 0 fully saturated rings. The van der Waals surface area contributed by atoms with E-state index in [0.29, 0.717) is 5.16 Å². The lowest BCUT2D eigenvalue weighted by atomic mass is 10.2. The number of aromatic amines is 1. The third-order valence-corrected chi connectivity index (χ3v) is 5.44. The van der Waals surface area contributed by atoms with E-state index in [0.717, 1.165) is 28.0 Å². The molecule has 3 aromatic rings. The first-order chi connectivity index (χ1) is 11.6. The van der Waals surface area contributed by atoms with Gasteiger partial charge in [-0.25, -0.2) is 4.98 Å². The van der Waals surface area contributed by atoms with Crippen molar-refractivity contribution >= 4 is 50.6 Å². The highest BCUT2D eigenvalue weighted by molar-refractivity contribution is 9.10. The third kappa shape index (κ3) is 4.68. The molecule has 124 valence electrons. The van der Waals surface area contributed by atoms with Crippen molar-refractivity contribution in [3.63, 3.8) is 0 Å². The van der Waals surface area contributed by atoms with Crippen molar-refractivity contribution in [3.05, 3.63) is 56.4 Å². The summed E-state index contributed by atoms with van der Waals surface area (Å²) in [6.07, 6.45) is 0.732. The van der Waals surface area contributed by atoms with E-state index in [1.54, 1.807) is 11.3 Å². The van der Waals surface area contributed by atoms with Crippen molar-refractivity contribution in [1.29, 1.82) is 0 Å². The first-order valence-corrected chi connectivity index (χ1v) is 9.88. The fourth-order valence-corrected chi connectivity index (χ4v) is 3.89. The molecule has 24 heavy (non-hydrogen) atoms. The molecule has 2 heterocycles. The Labute approximate surface area is 156 Å². The van der Waals surface area contributed by atoms with Crippen LogP contribution in [0.1, 0.15) is 16.3 Å². The molecule has 1 amide bonds. The number of carbonyl (C=O) groups excluding carboxylic acids is 1. The maximum atomic E-state index is 12.1. The number of thiophene rings is 1. The number of nitrogens with zero attached hydrogens (tertiary/aromatic N) is 2. The number of rotatable bonds is 6. The van der Waals surface area contributed by atoms with Gasteiger partial charge in [0.15, 0.2) is 0 Å². The van der Waals surface area contributed by atoms with Gasteiger partial charge in [0.25, 0.3) is 0 Å². The molecule has 0 saturated carbocycles. The Morgan fingerprint density at radius 1 is 1.42 bits per heavy atom. The Kier molecular flexibility index (Phi) is 5.70. The minimum Gasteiger partial charge on any atom is -0.325 e. The molecular formula is C16H15BrN4OS2. The van der Waals surface area contributed by atoms with Gasteiger partial charge in [-0.05, 0) is 42.1 Å². The van der Waals surface area contributed by atoms with Crippen LogP contribution in [0.4, 0.5) is 5.69 Å². The van der Waals surface area contributed by atoms with Crippen molar-refractivity contribution in [2.24, 2.45) is 0 Å². The highest BCUT2D eigenvalue weighted by atomic mass is 79.9. The SMILES string of the molecule is Cc1cc(Br)ccc1NC(=O)CSc1n[nH]c(Cc2cccs2)n1. The normalized spacial score (nSPS) is 10.8. The topological polar surface area (TPSA) is 70.7 Å². The summed E-state index contributed by atoms with van der Waals surface area (Å²) in [4.78, 5) is 17.7. The average Bonchev–Trinajstić information content (AvgIpc) is 3.20. The van der Waals surface area contributed by atoms with E-state index < -0.39 is 0 Å². The van der Waals surface area contributed by atoms with Crippen molar-refractivity contribution in [1.82, 2.24) is 15.2 Å². The molecule has 5 nitrogen and oxygen atoms in total. The largest absolute Gasteiger partial charge is 0.325 e. The molecule has 0 saturated heterocycles. The van der Waals surface area contributed by atoms with E-state index in [4.69, 9.17) is 0 Å². The first-order valence-electron chi connectivity index (χ1n) is 7.22. The van der Waals surface area contributed by atoms with Gasteiger partial charge in [0.2, 0.25) is 11.1 Å². The zero-order valence-electron chi connectivity index (χ0n) is 12.9. The highest BCUT2D eigenvalue weighted by Gasteiger charge is 2.10. The molecule has 0 bridgehead atoms. The number of aromatic nitrogens is 3. The molecule has 0 aliphatic rings. The van der Waals surface area contributed by atoms with Crippen LogP contribution >= 0.6 is 39.0 Å². The fourth-order valence-electron chi connectivity index (χ4n) is 2.08. The quantitative estimate of drug-likeness (QED) is 0.582. The zero-order chi connectivity index (χ0) is 16.9. The molecule has 0 aliphatic carbocycles. The Balaban J connectivity index is 1.52. The van der Waals surface area contributed by atoms with Gasteiger partial charge in [0.05, 0.1) is 5.75 Å². The zero-order valence-corrected chi connectivity index (χ0v) is 16.1. The number of halogens is 1. The van der Waals surface area contributed by atoms with E-state index in [9.17, 15) is 4.79 Å². The lowest BCUT2D eigenvalue weighted by molar-refractivity contribution is -0.113. The summed E-state index contributed by atoms with van der Waals surface area (Å²) in [5, 5.41) is 12.6. The maximum absolute atomic E-state index is 12.1. The van der Waals surface area contributed by atoms with E-state index in [2.05, 4.69) is 42.5 Å². The smallest absolute Gasteiger partial charge is 0.234 e. The highest BCUT2D eigenvalue weighted by Crippen LogP contribution is 2.21. The van der Waals surface area contributed by atoms with Crippen LogP contribution in [0.3, 0.4) is 0 Å². The summed E-state index contributed by atoms with van der Waals surface area (Å²) in [6.45, 7) is 1.96. The molecule has 1 aromatic carbocycles. The predicted molar refractivity (Wildman–Crippen MR) is 102 cm³/mol. The standard InChI is InChI=1S/C16H15BrN4OS2/c1-10-7-11(17)4-5-13(10)18-15(22)9-24-16-19-14(20-21-16)8-12-3-2-6-23-12/h2-7H,8-9H2,1H3,(H,18,22)(H,19,20,21). The van der Waals surface area contributed by atoms with E-state index in [-0.39, 0.29) is 11.7 Å². The Morgan fingerprint density at radius 3 is 3.04 bits per heavy atom. The van der Waals surface area contributed by atoms with Gasteiger partial charge in [-0.3, -0.25) is 9.89 Å². The van der Waals surface area contributed by atoms with Crippen LogP contribution in [-0.2, 0) is 11.2 Å². The second kappa shape index (κ2) is 7.96. The molecule has 0 atom stereocenters. The number of thioether (sulfide) groups is 1. The van der Waals surface area contributed by atoms with Crippen molar-refractivity contribution in [2.75, 3.05) is 11.1 Å². The van der Waals surface area contributed by atoms with Gasteiger partial charge >= 0.3 is 0 Å². The first kappa shape index (κ1) is 17.2. The Morgan fingerprint density at radius 2 is 2.29 bits per heavy atom. The molecule has 8 heteroatoms. The number of hydrogen-bond acceptors (Lipinski definition) is 5. The van der Waals surface area contributed by atoms with Gasteiger partial charge in [-0.1, -0.05) is 33.8 Å². The minimum absolute atomic E-state index is 0.0740. The lowest BCUT2D eigenvalue weighted by Gasteiger charge is -2.07. The monoisotopic (exact) mass is 422 g/mol.